The molecule has 3 nitrogen and oxygen atoms in total. The van der Waals surface area contributed by atoms with Gasteiger partial charge in [0.05, 0.1) is 12.1 Å². The van der Waals surface area contributed by atoms with Crippen molar-refractivity contribution < 1.29 is 9.53 Å². The minimum atomic E-state index is -0.266. The lowest BCUT2D eigenvalue weighted by Crippen LogP contribution is -1.98. The van der Waals surface area contributed by atoms with Crippen molar-refractivity contribution in [1.82, 2.24) is 0 Å². The minimum Gasteiger partial charge on any atom is -0.434 e. The molecule has 0 aliphatic rings. The maximum Gasteiger partial charge on any atom is 0.310 e. The highest BCUT2D eigenvalue weighted by molar-refractivity contribution is 5.69. The first-order valence-corrected chi connectivity index (χ1v) is 5.66. The number of hydrogen-bond donors (Lipinski definition) is 0. The van der Waals surface area contributed by atoms with Crippen LogP contribution in [-0.4, -0.2) is 5.97 Å². The summed E-state index contributed by atoms with van der Waals surface area (Å²) < 4.78 is 4.67. The van der Waals surface area contributed by atoms with Gasteiger partial charge in [0.15, 0.2) is 0 Å². The number of rotatable bonds is 9. The summed E-state index contributed by atoms with van der Waals surface area (Å²) in [6.07, 6.45) is 11.1. The fraction of sp³-hybridized carbons (Fsp3) is 0.538. The number of ether oxygens (including phenoxy) is 1. The molecule has 0 N–H and O–H groups in total. The van der Waals surface area contributed by atoms with Crippen molar-refractivity contribution in [2.24, 2.45) is 0 Å². The molecule has 0 fully saturated rings. The molecule has 0 aliphatic carbocycles. The van der Waals surface area contributed by atoms with E-state index >= 15 is 0 Å². The molecular formula is C13H19NO2. The van der Waals surface area contributed by atoms with Crippen LogP contribution in [0.2, 0.25) is 0 Å². The molecule has 0 spiro atoms. The Bertz CT molecular complexity index is 264. The average molecular weight is 221 g/mol. The van der Waals surface area contributed by atoms with Gasteiger partial charge < -0.3 is 4.74 Å². The van der Waals surface area contributed by atoms with Crippen LogP contribution in [0.3, 0.4) is 0 Å². The summed E-state index contributed by atoms with van der Waals surface area (Å²) in [4.78, 5) is 11.1. The molecule has 0 saturated heterocycles. The standard InChI is InChI=1S/C13H19NO2/c1-2-3-4-5-6-7-8-10-13(15)16-12-9-11-14/h2,9,12H,1,3-8,10H2. The van der Waals surface area contributed by atoms with Gasteiger partial charge in [0.1, 0.15) is 6.26 Å². The van der Waals surface area contributed by atoms with Crippen molar-refractivity contribution in [2.45, 2.75) is 44.9 Å². The van der Waals surface area contributed by atoms with Gasteiger partial charge in [-0.3, -0.25) is 4.79 Å². The van der Waals surface area contributed by atoms with E-state index in [9.17, 15) is 4.79 Å². The highest BCUT2D eigenvalue weighted by atomic mass is 16.5. The fourth-order valence-corrected chi connectivity index (χ4v) is 1.29. The molecule has 0 aromatic rings. The number of allylic oxidation sites excluding steroid dienone is 2. The molecule has 0 saturated carbocycles. The molecule has 0 atom stereocenters. The lowest BCUT2D eigenvalue weighted by Gasteiger charge is -2.00. The van der Waals surface area contributed by atoms with Gasteiger partial charge in [-0.15, -0.1) is 6.58 Å². The topological polar surface area (TPSA) is 50.1 Å². The number of carbonyl (C=O) groups excluding carboxylic acids is 1. The third kappa shape index (κ3) is 10.5. The zero-order chi connectivity index (χ0) is 12.1. The van der Waals surface area contributed by atoms with Crippen LogP contribution < -0.4 is 0 Å². The second-order valence-electron chi connectivity index (χ2n) is 3.52. The molecule has 3 heteroatoms. The van der Waals surface area contributed by atoms with Crippen molar-refractivity contribution in [2.75, 3.05) is 0 Å². The normalized spacial score (nSPS) is 9.94. The molecule has 0 aliphatic heterocycles. The molecule has 0 unspecified atom stereocenters. The molecular weight excluding hydrogens is 202 g/mol. The lowest BCUT2D eigenvalue weighted by molar-refractivity contribution is -0.138. The van der Waals surface area contributed by atoms with Crippen LogP contribution in [-0.2, 0) is 9.53 Å². The second-order valence-corrected chi connectivity index (χ2v) is 3.52. The van der Waals surface area contributed by atoms with Gasteiger partial charge in [0.25, 0.3) is 0 Å². The van der Waals surface area contributed by atoms with E-state index in [-0.39, 0.29) is 5.97 Å². The van der Waals surface area contributed by atoms with E-state index in [1.807, 2.05) is 6.08 Å². The monoisotopic (exact) mass is 221 g/mol. The van der Waals surface area contributed by atoms with E-state index < -0.39 is 0 Å². The first-order valence-electron chi connectivity index (χ1n) is 5.66. The Morgan fingerprint density at radius 3 is 2.62 bits per heavy atom. The maximum absolute atomic E-state index is 11.1. The number of nitriles is 1. The number of unbranched alkanes of at least 4 members (excludes halogenated alkanes) is 5. The van der Waals surface area contributed by atoms with E-state index in [4.69, 9.17) is 5.26 Å². The van der Waals surface area contributed by atoms with Crippen molar-refractivity contribution in [3.05, 3.63) is 25.0 Å². The SMILES string of the molecule is C=CCCCCCCCC(=O)OC=CC#N. The summed E-state index contributed by atoms with van der Waals surface area (Å²) in [5.41, 5.74) is 0. The van der Waals surface area contributed by atoms with Crippen LogP contribution in [0.5, 0.6) is 0 Å². The molecule has 0 bridgehead atoms. The number of nitrogens with zero attached hydrogens (tertiary/aromatic N) is 1. The van der Waals surface area contributed by atoms with E-state index in [0.29, 0.717) is 6.42 Å². The Labute approximate surface area is 97.4 Å². The molecule has 0 rings (SSSR count). The second kappa shape index (κ2) is 11.5. The molecule has 16 heavy (non-hydrogen) atoms. The Hall–Kier alpha value is -1.56. The third-order valence-electron chi connectivity index (χ3n) is 2.13. The van der Waals surface area contributed by atoms with Crippen LogP contribution in [0.15, 0.2) is 25.0 Å². The molecule has 0 aromatic heterocycles. The Morgan fingerprint density at radius 2 is 1.94 bits per heavy atom. The maximum atomic E-state index is 11.1. The Balaban J connectivity index is 3.25. The first-order chi connectivity index (χ1) is 7.81. The number of carbonyl (C=O) groups is 1. The lowest BCUT2D eigenvalue weighted by atomic mass is 10.1. The van der Waals surface area contributed by atoms with Gasteiger partial charge in [0.2, 0.25) is 0 Å². The summed E-state index contributed by atoms with van der Waals surface area (Å²) in [5, 5.41) is 8.16. The molecule has 0 radical (unpaired) electrons. The Morgan fingerprint density at radius 1 is 1.25 bits per heavy atom. The summed E-state index contributed by atoms with van der Waals surface area (Å²) in [7, 11) is 0. The van der Waals surface area contributed by atoms with Crippen molar-refractivity contribution in [1.29, 1.82) is 5.26 Å². The summed E-state index contributed by atoms with van der Waals surface area (Å²) in [5.74, 6) is -0.266. The average Bonchev–Trinajstić information content (AvgIpc) is 2.28. The highest BCUT2D eigenvalue weighted by Crippen LogP contribution is 2.07. The van der Waals surface area contributed by atoms with Crippen LogP contribution >= 0.6 is 0 Å². The van der Waals surface area contributed by atoms with E-state index in [0.717, 1.165) is 38.0 Å². The van der Waals surface area contributed by atoms with Crippen molar-refractivity contribution in [3.8, 4) is 6.07 Å². The van der Waals surface area contributed by atoms with Crippen molar-refractivity contribution in [3.63, 3.8) is 0 Å². The first kappa shape index (κ1) is 14.4. The molecule has 0 amide bonds. The summed E-state index contributed by atoms with van der Waals surface area (Å²) in [6, 6.07) is 1.75. The predicted molar refractivity (Wildman–Crippen MR) is 63.4 cm³/mol. The van der Waals surface area contributed by atoms with Crippen LogP contribution in [0, 0.1) is 11.3 Å². The van der Waals surface area contributed by atoms with Crippen molar-refractivity contribution >= 4 is 5.97 Å². The van der Waals surface area contributed by atoms with Gasteiger partial charge in [-0.2, -0.15) is 5.26 Å². The quantitative estimate of drug-likeness (QED) is 0.197. The summed E-state index contributed by atoms with van der Waals surface area (Å²) >= 11 is 0. The van der Waals surface area contributed by atoms with E-state index in [1.165, 1.54) is 12.8 Å². The fourth-order valence-electron chi connectivity index (χ4n) is 1.29. The van der Waals surface area contributed by atoms with Gasteiger partial charge >= 0.3 is 5.97 Å². The van der Waals surface area contributed by atoms with Crippen LogP contribution in [0.4, 0.5) is 0 Å². The third-order valence-corrected chi connectivity index (χ3v) is 2.13. The van der Waals surface area contributed by atoms with Crippen LogP contribution in [0.1, 0.15) is 44.9 Å². The van der Waals surface area contributed by atoms with Gasteiger partial charge in [0, 0.05) is 6.42 Å². The van der Waals surface area contributed by atoms with Gasteiger partial charge in [-0.25, -0.2) is 0 Å². The van der Waals surface area contributed by atoms with Crippen LogP contribution in [0.25, 0.3) is 0 Å². The Kier molecular flexibility index (Phi) is 10.4. The van der Waals surface area contributed by atoms with Gasteiger partial charge in [-0.1, -0.05) is 25.3 Å². The largest absolute Gasteiger partial charge is 0.434 e. The zero-order valence-electron chi connectivity index (χ0n) is 9.65. The number of hydrogen-bond acceptors (Lipinski definition) is 3. The van der Waals surface area contributed by atoms with Gasteiger partial charge in [-0.05, 0) is 19.3 Å². The zero-order valence-corrected chi connectivity index (χ0v) is 9.65. The van der Waals surface area contributed by atoms with E-state index in [1.54, 1.807) is 6.07 Å². The van der Waals surface area contributed by atoms with E-state index in [2.05, 4.69) is 11.3 Å². The minimum absolute atomic E-state index is 0.266. The molecule has 0 heterocycles. The summed E-state index contributed by atoms with van der Waals surface area (Å²) in [6.45, 7) is 3.66. The molecule has 88 valence electrons. The number of esters is 1. The molecule has 0 aromatic carbocycles. The highest BCUT2D eigenvalue weighted by Gasteiger charge is 1.99. The smallest absolute Gasteiger partial charge is 0.310 e. The predicted octanol–water partition coefficient (Wildman–Crippen LogP) is 3.48.